The zero-order valence-corrected chi connectivity index (χ0v) is 12.4. The Morgan fingerprint density at radius 3 is 2.50 bits per heavy atom. The van der Waals surface area contributed by atoms with Gasteiger partial charge < -0.3 is 15.2 Å². The lowest BCUT2D eigenvalue weighted by Gasteiger charge is -2.13. The molecule has 0 aromatic carbocycles. The van der Waals surface area contributed by atoms with Crippen LogP contribution in [0.2, 0.25) is 0 Å². The Balaban J connectivity index is 2.70. The number of amides is 1. The first-order valence-corrected chi connectivity index (χ1v) is 6.84. The fraction of sp³-hybridized carbons (Fsp3) is 0.462. The second-order valence-electron chi connectivity index (χ2n) is 4.31. The monoisotopic (exact) mass is 299 g/mol. The summed E-state index contributed by atoms with van der Waals surface area (Å²) in [6.45, 7) is 3.68. The molecule has 1 rings (SSSR count). The van der Waals surface area contributed by atoms with Crippen LogP contribution in [0, 0.1) is 13.8 Å². The van der Waals surface area contributed by atoms with E-state index >= 15 is 0 Å². The molecular formula is C13H17NO5S. The second-order valence-corrected chi connectivity index (χ2v) is 5.77. The molecule has 1 atom stereocenters. The molecule has 0 radical (unpaired) electrons. The van der Waals surface area contributed by atoms with Crippen molar-refractivity contribution < 1.29 is 24.2 Å². The van der Waals surface area contributed by atoms with Crippen LogP contribution in [0.3, 0.4) is 0 Å². The first-order chi connectivity index (χ1) is 9.35. The number of ether oxygens (including phenoxy) is 1. The van der Waals surface area contributed by atoms with Gasteiger partial charge in [0.25, 0.3) is 5.91 Å². The minimum Gasteiger partial charge on any atom is -0.480 e. The number of aliphatic carboxylic acids is 1. The highest BCUT2D eigenvalue weighted by molar-refractivity contribution is 7.12. The minimum atomic E-state index is -1.17. The molecule has 0 spiro atoms. The van der Waals surface area contributed by atoms with Gasteiger partial charge in [-0.05, 0) is 26.3 Å². The molecule has 1 aromatic rings. The predicted molar refractivity (Wildman–Crippen MR) is 73.9 cm³/mol. The summed E-state index contributed by atoms with van der Waals surface area (Å²) in [7, 11) is 1.23. The zero-order chi connectivity index (χ0) is 15.3. The summed E-state index contributed by atoms with van der Waals surface area (Å²) >= 11 is 1.47. The third kappa shape index (κ3) is 4.34. The zero-order valence-electron chi connectivity index (χ0n) is 11.6. The first kappa shape index (κ1) is 16.2. The summed E-state index contributed by atoms with van der Waals surface area (Å²) in [5.41, 5.74) is 0.469. The summed E-state index contributed by atoms with van der Waals surface area (Å²) in [4.78, 5) is 36.0. The van der Waals surface area contributed by atoms with Crippen LogP contribution in [0.5, 0.6) is 0 Å². The van der Waals surface area contributed by atoms with E-state index in [2.05, 4.69) is 10.1 Å². The van der Waals surface area contributed by atoms with Crippen molar-refractivity contribution in [2.24, 2.45) is 0 Å². The van der Waals surface area contributed by atoms with E-state index in [0.717, 1.165) is 9.75 Å². The van der Waals surface area contributed by atoms with Crippen molar-refractivity contribution in [1.29, 1.82) is 0 Å². The average Bonchev–Trinajstić information content (AvgIpc) is 2.72. The highest BCUT2D eigenvalue weighted by Gasteiger charge is 2.23. The molecule has 0 unspecified atom stereocenters. The van der Waals surface area contributed by atoms with Gasteiger partial charge in [-0.3, -0.25) is 9.59 Å². The summed E-state index contributed by atoms with van der Waals surface area (Å²) in [6.07, 6.45) is -0.0642. The fourth-order valence-corrected chi connectivity index (χ4v) is 2.64. The number of nitrogens with one attached hydrogen (secondary N) is 1. The number of hydrogen-bond donors (Lipinski definition) is 2. The van der Waals surface area contributed by atoms with Crippen LogP contribution in [0.15, 0.2) is 6.07 Å². The normalized spacial score (nSPS) is 11.8. The van der Waals surface area contributed by atoms with Crippen molar-refractivity contribution in [1.82, 2.24) is 5.32 Å². The fourth-order valence-electron chi connectivity index (χ4n) is 1.71. The number of methoxy groups -OCH3 is 1. The van der Waals surface area contributed by atoms with E-state index in [0.29, 0.717) is 5.56 Å². The van der Waals surface area contributed by atoms with E-state index in [-0.39, 0.29) is 12.8 Å². The summed E-state index contributed by atoms with van der Waals surface area (Å²) in [5, 5.41) is 11.5. The Labute approximate surface area is 120 Å². The average molecular weight is 299 g/mol. The highest BCUT2D eigenvalue weighted by Crippen LogP contribution is 2.20. The lowest BCUT2D eigenvalue weighted by Crippen LogP contribution is -2.41. The predicted octanol–water partition coefficient (Wildman–Crippen LogP) is 1.50. The summed E-state index contributed by atoms with van der Waals surface area (Å²) in [6, 6.07) is 0.607. The molecule has 0 fully saturated rings. The molecule has 0 saturated carbocycles. The molecule has 7 heteroatoms. The number of rotatable bonds is 6. The van der Waals surface area contributed by atoms with Crippen molar-refractivity contribution in [3.8, 4) is 0 Å². The SMILES string of the molecule is COC(=O)CC[C@@H](NC(=O)c1cc(C)sc1C)C(=O)O. The molecule has 0 aliphatic heterocycles. The number of carbonyl (C=O) groups is 3. The third-order valence-corrected chi connectivity index (χ3v) is 3.72. The van der Waals surface area contributed by atoms with Crippen molar-refractivity contribution in [2.75, 3.05) is 7.11 Å². The first-order valence-electron chi connectivity index (χ1n) is 6.02. The van der Waals surface area contributed by atoms with E-state index in [4.69, 9.17) is 5.11 Å². The van der Waals surface area contributed by atoms with E-state index in [1.165, 1.54) is 18.4 Å². The second kappa shape index (κ2) is 7.04. The van der Waals surface area contributed by atoms with Gasteiger partial charge in [0.05, 0.1) is 12.7 Å². The Kier molecular flexibility index (Phi) is 5.69. The van der Waals surface area contributed by atoms with Crippen molar-refractivity contribution >= 4 is 29.2 Å². The maximum atomic E-state index is 12.0. The van der Waals surface area contributed by atoms with Crippen LogP contribution in [-0.4, -0.2) is 36.1 Å². The number of hydrogen-bond acceptors (Lipinski definition) is 5. The molecule has 0 bridgehead atoms. The quantitative estimate of drug-likeness (QED) is 0.777. The molecule has 0 aliphatic rings. The van der Waals surface area contributed by atoms with Crippen molar-refractivity contribution in [2.45, 2.75) is 32.7 Å². The topological polar surface area (TPSA) is 92.7 Å². The lowest BCUT2D eigenvalue weighted by molar-refractivity contribution is -0.142. The Bertz CT molecular complexity index is 523. The van der Waals surface area contributed by atoms with Gasteiger partial charge in [0.15, 0.2) is 0 Å². The van der Waals surface area contributed by atoms with Crippen LogP contribution >= 0.6 is 11.3 Å². The summed E-state index contributed by atoms with van der Waals surface area (Å²) in [5.74, 6) is -2.12. The van der Waals surface area contributed by atoms with Crippen LogP contribution in [0.1, 0.15) is 33.0 Å². The molecule has 0 saturated heterocycles. The Morgan fingerprint density at radius 2 is 2.05 bits per heavy atom. The maximum Gasteiger partial charge on any atom is 0.326 e. The van der Waals surface area contributed by atoms with Crippen molar-refractivity contribution in [3.63, 3.8) is 0 Å². The van der Waals surface area contributed by atoms with E-state index in [9.17, 15) is 14.4 Å². The van der Waals surface area contributed by atoms with Gasteiger partial charge in [0.2, 0.25) is 0 Å². The molecule has 0 aliphatic carbocycles. The largest absolute Gasteiger partial charge is 0.480 e. The van der Waals surface area contributed by atoms with Crippen LogP contribution < -0.4 is 5.32 Å². The van der Waals surface area contributed by atoms with Gasteiger partial charge >= 0.3 is 11.9 Å². The molecule has 6 nitrogen and oxygen atoms in total. The van der Waals surface area contributed by atoms with Crippen LogP contribution in [-0.2, 0) is 14.3 Å². The number of carboxylic acids is 1. The highest BCUT2D eigenvalue weighted by atomic mass is 32.1. The summed E-state index contributed by atoms with van der Waals surface area (Å²) < 4.78 is 4.45. The maximum absolute atomic E-state index is 12.0. The van der Waals surface area contributed by atoms with Gasteiger partial charge in [-0.25, -0.2) is 4.79 Å². The number of thiophene rings is 1. The molecule has 20 heavy (non-hydrogen) atoms. The number of carbonyl (C=O) groups excluding carboxylic acids is 2. The van der Waals surface area contributed by atoms with E-state index in [1.807, 2.05) is 6.92 Å². The molecular weight excluding hydrogens is 282 g/mol. The number of aryl methyl sites for hydroxylation is 2. The van der Waals surface area contributed by atoms with Gasteiger partial charge in [0, 0.05) is 16.2 Å². The molecule has 1 amide bonds. The minimum absolute atomic E-state index is 0.00405. The standard InChI is InChI=1S/C13H17NO5S/c1-7-6-9(8(2)20-7)12(16)14-10(13(17)18)4-5-11(15)19-3/h6,10H,4-5H2,1-3H3,(H,14,16)(H,17,18)/t10-/m1/s1. The lowest BCUT2D eigenvalue weighted by atomic mass is 10.1. The van der Waals surface area contributed by atoms with Gasteiger partial charge in [0.1, 0.15) is 6.04 Å². The molecule has 1 aromatic heterocycles. The van der Waals surface area contributed by atoms with Gasteiger partial charge in [-0.2, -0.15) is 0 Å². The van der Waals surface area contributed by atoms with E-state index < -0.39 is 23.9 Å². The van der Waals surface area contributed by atoms with Gasteiger partial charge in [-0.1, -0.05) is 0 Å². The molecule has 2 N–H and O–H groups in total. The van der Waals surface area contributed by atoms with Gasteiger partial charge in [-0.15, -0.1) is 11.3 Å². The molecule has 110 valence electrons. The van der Waals surface area contributed by atoms with Crippen LogP contribution in [0.4, 0.5) is 0 Å². The third-order valence-electron chi connectivity index (χ3n) is 2.75. The van der Waals surface area contributed by atoms with E-state index in [1.54, 1.807) is 13.0 Å². The number of esters is 1. The Morgan fingerprint density at radius 1 is 1.40 bits per heavy atom. The Hall–Kier alpha value is -1.89. The van der Waals surface area contributed by atoms with Crippen molar-refractivity contribution in [3.05, 3.63) is 21.4 Å². The smallest absolute Gasteiger partial charge is 0.326 e. The van der Waals surface area contributed by atoms with Crippen LogP contribution in [0.25, 0.3) is 0 Å². The number of carboxylic acid groups (broad SMARTS) is 1. The molecule has 1 heterocycles.